The van der Waals surface area contributed by atoms with Gasteiger partial charge in [0.15, 0.2) is 6.04 Å². The Morgan fingerprint density at radius 2 is 1.61 bits per heavy atom. The van der Waals surface area contributed by atoms with Crippen molar-refractivity contribution in [3.8, 4) is 0 Å². The van der Waals surface area contributed by atoms with Gasteiger partial charge in [-0.25, -0.2) is 0 Å². The maximum absolute atomic E-state index is 11.0. The zero-order chi connectivity index (χ0) is 19.1. The van der Waals surface area contributed by atoms with Gasteiger partial charge in [0, 0.05) is 40.6 Å². The van der Waals surface area contributed by atoms with Crippen LogP contribution >= 0.6 is 0 Å². The lowest BCUT2D eigenvalue weighted by atomic mass is 9.87. The van der Waals surface area contributed by atoms with Gasteiger partial charge in [-0.1, -0.05) is 48.5 Å². The number of benzene rings is 3. The fourth-order valence-electron chi connectivity index (χ4n) is 4.33. The summed E-state index contributed by atoms with van der Waals surface area (Å²) in [5.74, 6) is 0. The van der Waals surface area contributed by atoms with Crippen LogP contribution in [0.3, 0.4) is 0 Å². The van der Waals surface area contributed by atoms with E-state index in [1.165, 1.54) is 22.2 Å². The topological polar surface area (TPSA) is 75.5 Å². The second-order valence-electron chi connectivity index (χ2n) is 7.30. The number of quaternary nitrogens is 1. The van der Waals surface area contributed by atoms with Gasteiger partial charge in [0.2, 0.25) is 0 Å². The number of nitrogens with one attached hydrogen (secondary N) is 1. The lowest BCUT2D eigenvalue weighted by Gasteiger charge is -2.28. The van der Waals surface area contributed by atoms with Gasteiger partial charge < -0.3 is 10.3 Å². The van der Waals surface area contributed by atoms with Gasteiger partial charge in [-0.15, -0.1) is 0 Å². The van der Waals surface area contributed by atoms with E-state index < -0.39 is 0 Å². The van der Waals surface area contributed by atoms with Gasteiger partial charge in [-0.3, -0.25) is 10.1 Å². The van der Waals surface area contributed by atoms with E-state index in [9.17, 15) is 10.1 Å². The van der Waals surface area contributed by atoms with Crippen LogP contribution in [-0.4, -0.2) is 9.91 Å². The van der Waals surface area contributed by atoms with Crippen molar-refractivity contribution in [3.63, 3.8) is 0 Å². The summed E-state index contributed by atoms with van der Waals surface area (Å²) < 4.78 is 0. The number of H-pyrrole nitrogens is 1. The Balaban J connectivity index is 1.64. The third kappa shape index (κ3) is 2.77. The van der Waals surface area contributed by atoms with Crippen LogP contribution in [0, 0.1) is 10.1 Å². The lowest BCUT2D eigenvalue weighted by molar-refractivity contribution is -0.730. The van der Waals surface area contributed by atoms with E-state index in [0.717, 1.165) is 17.5 Å². The highest BCUT2D eigenvalue weighted by Crippen LogP contribution is 2.35. The molecule has 2 heterocycles. The van der Waals surface area contributed by atoms with E-state index in [-0.39, 0.29) is 16.7 Å². The van der Waals surface area contributed by atoms with Crippen LogP contribution in [0.1, 0.15) is 34.5 Å². The van der Waals surface area contributed by atoms with E-state index in [1.807, 2.05) is 24.3 Å². The minimum Gasteiger partial charge on any atom is -0.353 e. The highest BCUT2D eigenvalue weighted by atomic mass is 16.6. The molecule has 5 heteroatoms. The molecule has 1 aliphatic rings. The minimum atomic E-state index is -0.352. The highest BCUT2D eigenvalue weighted by molar-refractivity contribution is 5.85. The first kappa shape index (κ1) is 16.7. The summed E-state index contributed by atoms with van der Waals surface area (Å²) >= 11 is 0. The molecule has 28 heavy (non-hydrogen) atoms. The van der Waals surface area contributed by atoms with E-state index in [4.69, 9.17) is 0 Å². The second kappa shape index (κ2) is 6.62. The zero-order valence-electron chi connectivity index (χ0n) is 15.2. The Kier molecular flexibility index (Phi) is 3.95. The molecule has 138 valence electrons. The number of nitro groups is 1. The minimum absolute atomic E-state index is 0.0714. The first-order valence-electron chi connectivity index (χ1n) is 9.44. The van der Waals surface area contributed by atoms with Crippen molar-refractivity contribution in [3.05, 3.63) is 111 Å². The summed E-state index contributed by atoms with van der Waals surface area (Å²) in [6.45, 7) is 0. The van der Waals surface area contributed by atoms with Crippen LogP contribution in [0.4, 0.5) is 5.69 Å². The summed E-state index contributed by atoms with van der Waals surface area (Å²) in [7, 11) is 0. The molecule has 1 aromatic heterocycles. The summed E-state index contributed by atoms with van der Waals surface area (Å²) in [6, 6.07) is 26.3. The number of aromatic nitrogens is 1. The summed E-state index contributed by atoms with van der Waals surface area (Å²) in [5.41, 5.74) is 6.17. The number of aromatic amines is 1. The third-order valence-electron chi connectivity index (χ3n) is 5.70. The maximum atomic E-state index is 11.0. The Labute approximate surface area is 162 Å². The first-order valence-corrected chi connectivity index (χ1v) is 9.44. The van der Waals surface area contributed by atoms with Gasteiger partial charge in [-0.05, 0) is 23.8 Å². The molecule has 4 aromatic rings. The number of hydrogen-bond donors (Lipinski definition) is 2. The van der Waals surface area contributed by atoms with Crippen LogP contribution in [0.2, 0.25) is 0 Å². The van der Waals surface area contributed by atoms with Crippen molar-refractivity contribution in [1.29, 1.82) is 0 Å². The predicted octanol–water partition coefficient (Wildman–Crippen LogP) is 4.03. The first-order chi connectivity index (χ1) is 13.7. The average molecular weight is 370 g/mol. The fourth-order valence-corrected chi connectivity index (χ4v) is 4.33. The highest BCUT2D eigenvalue weighted by Gasteiger charge is 2.34. The van der Waals surface area contributed by atoms with E-state index >= 15 is 0 Å². The van der Waals surface area contributed by atoms with E-state index in [0.29, 0.717) is 6.04 Å². The van der Waals surface area contributed by atoms with Gasteiger partial charge in [0.05, 0.1) is 10.6 Å². The molecular weight excluding hydrogens is 350 g/mol. The summed E-state index contributed by atoms with van der Waals surface area (Å²) in [5, 5.41) is 14.7. The Hall–Kier alpha value is -3.44. The average Bonchev–Trinajstić information content (AvgIpc) is 3.12. The number of hydrogen-bond acceptors (Lipinski definition) is 2. The lowest BCUT2D eigenvalue weighted by Crippen LogP contribution is -2.88. The molecule has 3 N–H and O–H groups in total. The van der Waals surface area contributed by atoms with Gasteiger partial charge in [-0.2, -0.15) is 0 Å². The molecule has 0 spiro atoms. The summed E-state index contributed by atoms with van der Waals surface area (Å²) in [4.78, 5) is 14.3. The number of fused-ring (bicyclic) bond motifs is 3. The Morgan fingerprint density at radius 1 is 0.893 bits per heavy atom. The fraction of sp³-hybridized carbons (Fsp3) is 0.130. The van der Waals surface area contributed by atoms with Crippen LogP contribution in [-0.2, 0) is 6.42 Å². The third-order valence-corrected chi connectivity index (χ3v) is 5.70. The number of nitrogens with zero attached hydrogens (tertiary/aromatic N) is 1. The molecule has 0 aliphatic carbocycles. The number of non-ortho nitro benzene ring substituents is 1. The molecule has 0 saturated carbocycles. The largest absolute Gasteiger partial charge is 0.353 e. The van der Waals surface area contributed by atoms with Gasteiger partial charge in [0.1, 0.15) is 6.04 Å². The Bertz CT molecular complexity index is 1150. The normalized spacial score (nSPS) is 18.7. The van der Waals surface area contributed by atoms with Crippen molar-refractivity contribution in [2.45, 2.75) is 18.5 Å². The standard InChI is InChI=1S/C23H19N3O2/c27-26(28)17-12-10-16(11-13-17)22-23-19(18-8-4-5-9-20(18)24-23)14-21(25-22)15-6-2-1-3-7-15/h1-13,21-22,24-25H,14H2/p+1/t21-,22+/m0/s1. The molecule has 0 radical (unpaired) electrons. The smallest absolute Gasteiger partial charge is 0.269 e. The van der Waals surface area contributed by atoms with Crippen molar-refractivity contribution in [1.82, 2.24) is 4.98 Å². The molecule has 0 bridgehead atoms. The molecule has 0 saturated heterocycles. The molecular formula is C23H20N3O2+. The maximum Gasteiger partial charge on any atom is 0.269 e. The number of para-hydroxylation sites is 1. The number of nitrogens with two attached hydrogens (primary N) is 1. The zero-order valence-corrected chi connectivity index (χ0v) is 15.2. The van der Waals surface area contributed by atoms with E-state index in [1.54, 1.807) is 12.1 Å². The predicted molar refractivity (Wildman–Crippen MR) is 108 cm³/mol. The molecule has 5 rings (SSSR count). The molecule has 5 nitrogen and oxygen atoms in total. The van der Waals surface area contributed by atoms with Crippen LogP contribution < -0.4 is 5.32 Å². The molecule has 0 unspecified atom stereocenters. The second-order valence-corrected chi connectivity index (χ2v) is 7.30. The molecule has 0 fully saturated rings. The number of nitro benzene ring substituents is 1. The van der Waals surface area contributed by atoms with Crippen LogP contribution in [0.15, 0.2) is 78.9 Å². The van der Waals surface area contributed by atoms with Crippen LogP contribution in [0.25, 0.3) is 10.9 Å². The molecule has 1 aliphatic heterocycles. The van der Waals surface area contributed by atoms with Crippen molar-refractivity contribution < 1.29 is 10.2 Å². The molecule has 3 aromatic carbocycles. The molecule has 0 amide bonds. The Morgan fingerprint density at radius 3 is 2.36 bits per heavy atom. The van der Waals surface area contributed by atoms with Gasteiger partial charge in [0.25, 0.3) is 5.69 Å². The molecule has 2 atom stereocenters. The SMILES string of the molecule is O=[N+]([O-])c1ccc([C@H]2[NH2+][C@H](c3ccccc3)Cc3c2[nH]c2ccccc32)cc1. The van der Waals surface area contributed by atoms with Crippen molar-refractivity contribution in [2.75, 3.05) is 0 Å². The van der Waals surface area contributed by atoms with Crippen molar-refractivity contribution >= 4 is 16.6 Å². The van der Waals surface area contributed by atoms with Gasteiger partial charge >= 0.3 is 0 Å². The van der Waals surface area contributed by atoms with Crippen molar-refractivity contribution in [2.24, 2.45) is 0 Å². The summed E-state index contributed by atoms with van der Waals surface area (Å²) in [6.07, 6.45) is 0.951. The van der Waals surface area contributed by atoms with Crippen LogP contribution in [0.5, 0.6) is 0 Å². The number of rotatable bonds is 3. The monoisotopic (exact) mass is 370 g/mol. The van der Waals surface area contributed by atoms with E-state index in [2.05, 4.69) is 52.8 Å². The quantitative estimate of drug-likeness (QED) is 0.422.